The van der Waals surface area contributed by atoms with Gasteiger partial charge in [-0.1, -0.05) is 0 Å². The van der Waals surface area contributed by atoms with Gasteiger partial charge in [-0.05, 0) is 6.92 Å². The molecule has 61 valence electrons. The van der Waals surface area contributed by atoms with Gasteiger partial charge in [0.1, 0.15) is 6.23 Å². The fraction of sp³-hybridized carbons (Fsp3) is 1.00. The number of rotatable bonds is 5. The molecule has 0 rings (SSSR count). The summed E-state index contributed by atoms with van der Waals surface area (Å²) in [6.07, 6.45) is -0.848. The highest BCUT2D eigenvalue weighted by molar-refractivity contribution is 4.55. The molecule has 0 spiro atoms. The Bertz CT molecular complexity index is 71.4. The third kappa shape index (κ3) is 3.79. The maximum Gasteiger partial charge on any atom is 0.143 e. The SMILES string of the molecule is CC([O])N(CCO)CCO. The Morgan fingerprint density at radius 3 is 1.90 bits per heavy atom. The second kappa shape index (κ2) is 5.61. The molecular weight excluding hydrogens is 134 g/mol. The molecule has 4 heteroatoms. The zero-order chi connectivity index (χ0) is 7.98. The van der Waals surface area contributed by atoms with Crippen molar-refractivity contribution < 1.29 is 15.3 Å². The predicted octanol–water partition coefficient (Wildman–Crippen LogP) is -0.950. The van der Waals surface area contributed by atoms with E-state index < -0.39 is 6.23 Å². The van der Waals surface area contributed by atoms with E-state index in [1.165, 1.54) is 11.8 Å². The van der Waals surface area contributed by atoms with E-state index in [9.17, 15) is 5.11 Å². The quantitative estimate of drug-likeness (QED) is 0.494. The van der Waals surface area contributed by atoms with Crippen LogP contribution in [0.5, 0.6) is 0 Å². The minimum Gasteiger partial charge on any atom is -0.395 e. The zero-order valence-corrected chi connectivity index (χ0v) is 6.16. The first-order valence-corrected chi connectivity index (χ1v) is 3.34. The Morgan fingerprint density at radius 1 is 1.30 bits per heavy atom. The third-order valence-electron chi connectivity index (χ3n) is 1.29. The molecule has 1 radical (unpaired) electrons. The lowest BCUT2D eigenvalue weighted by atomic mass is 10.4. The van der Waals surface area contributed by atoms with Crippen molar-refractivity contribution in [3.8, 4) is 0 Å². The first-order valence-electron chi connectivity index (χ1n) is 3.34. The van der Waals surface area contributed by atoms with E-state index in [-0.39, 0.29) is 13.2 Å². The lowest BCUT2D eigenvalue weighted by Gasteiger charge is -2.21. The van der Waals surface area contributed by atoms with Crippen LogP contribution in [0.3, 0.4) is 0 Å². The normalized spacial score (nSPS) is 14.1. The summed E-state index contributed by atoms with van der Waals surface area (Å²) in [5, 5.41) is 27.6. The van der Waals surface area contributed by atoms with Gasteiger partial charge in [-0.2, -0.15) is 0 Å². The Labute approximate surface area is 60.7 Å². The van der Waals surface area contributed by atoms with Gasteiger partial charge in [0, 0.05) is 13.1 Å². The molecule has 0 aromatic carbocycles. The summed E-state index contributed by atoms with van der Waals surface area (Å²) < 4.78 is 0. The molecule has 0 saturated carbocycles. The largest absolute Gasteiger partial charge is 0.395 e. The van der Waals surface area contributed by atoms with Crippen molar-refractivity contribution in [3.05, 3.63) is 0 Å². The van der Waals surface area contributed by atoms with Crippen LogP contribution in [0, 0.1) is 0 Å². The van der Waals surface area contributed by atoms with Gasteiger partial charge < -0.3 is 10.2 Å². The van der Waals surface area contributed by atoms with Crippen molar-refractivity contribution in [2.24, 2.45) is 0 Å². The molecule has 0 amide bonds. The van der Waals surface area contributed by atoms with Crippen LogP contribution in [0.25, 0.3) is 0 Å². The molecule has 0 saturated heterocycles. The number of aliphatic hydroxyl groups excluding tert-OH is 2. The number of aliphatic hydroxyl groups is 2. The highest BCUT2D eigenvalue weighted by Crippen LogP contribution is 1.93. The number of nitrogens with zero attached hydrogens (tertiary/aromatic N) is 1. The van der Waals surface area contributed by atoms with Crippen LogP contribution in [-0.2, 0) is 5.11 Å². The second-order valence-electron chi connectivity index (χ2n) is 2.08. The molecule has 0 aliphatic rings. The van der Waals surface area contributed by atoms with E-state index in [1.807, 2.05) is 0 Å². The minimum absolute atomic E-state index is 0.0351. The molecule has 2 N–H and O–H groups in total. The summed E-state index contributed by atoms with van der Waals surface area (Å²) in [4.78, 5) is 1.47. The fourth-order valence-electron chi connectivity index (χ4n) is 0.732. The summed E-state index contributed by atoms with van der Waals surface area (Å²) in [5.74, 6) is 0. The zero-order valence-electron chi connectivity index (χ0n) is 6.16. The van der Waals surface area contributed by atoms with E-state index in [4.69, 9.17) is 10.2 Å². The maximum atomic E-state index is 10.7. The summed E-state index contributed by atoms with van der Waals surface area (Å²) >= 11 is 0. The molecule has 1 atom stereocenters. The highest BCUT2D eigenvalue weighted by atomic mass is 16.3. The molecule has 0 bridgehead atoms. The first-order chi connectivity index (χ1) is 4.72. The number of hydrogen-bond donors (Lipinski definition) is 2. The molecule has 0 aromatic heterocycles. The van der Waals surface area contributed by atoms with E-state index in [0.29, 0.717) is 13.1 Å². The highest BCUT2D eigenvalue weighted by Gasteiger charge is 2.09. The van der Waals surface area contributed by atoms with Crippen molar-refractivity contribution >= 4 is 0 Å². The van der Waals surface area contributed by atoms with Crippen molar-refractivity contribution in [2.45, 2.75) is 13.2 Å². The average molecular weight is 148 g/mol. The Hall–Kier alpha value is -0.160. The van der Waals surface area contributed by atoms with Gasteiger partial charge in [-0.3, -0.25) is 4.90 Å². The first kappa shape index (κ1) is 9.84. The van der Waals surface area contributed by atoms with Crippen LogP contribution in [-0.4, -0.2) is 47.6 Å². The molecular formula is C6H14NO3. The van der Waals surface area contributed by atoms with Crippen LogP contribution in [0.1, 0.15) is 6.92 Å². The van der Waals surface area contributed by atoms with Crippen LogP contribution < -0.4 is 0 Å². The molecule has 0 heterocycles. The molecule has 10 heavy (non-hydrogen) atoms. The molecule has 0 aromatic rings. The summed E-state index contributed by atoms with van der Waals surface area (Å²) in [7, 11) is 0. The monoisotopic (exact) mass is 148 g/mol. The maximum absolute atomic E-state index is 10.7. The second-order valence-corrected chi connectivity index (χ2v) is 2.08. The van der Waals surface area contributed by atoms with E-state index in [0.717, 1.165) is 0 Å². The van der Waals surface area contributed by atoms with Gasteiger partial charge >= 0.3 is 0 Å². The van der Waals surface area contributed by atoms with Crippen molar-refractivity contribution in [3.63, 3.8) is 0 Å². The summed E-state index contributed by atoms with van der Waals surface area (Å²) in [5.41, 5.74) is 0. The van der Waals surface area contributed by atoms with Gasteiger partial charge in [0.05, 0.1) is 13.2 Å². The number of hydrogen-bond acceptors (Lipinski definition) is 3. The molecule has 0 aliphatic heterocycles. The van der Waals surface area contributed by atoms with Gasteiger partial charge in [0.15, 0.2) is 0 Å². The van der Waals surface area contributed by atoms with Gasteiger partial charge in [-0.15, -0.1) is 0 Å². The van der Waals surface area contributed by atoms with Gasteiger partial charge in [0.2, 0.25) is 0 Å². The Kier molecular flexibility index (Phi) is 5.52. The minimum atomic E-state index is -0.848. The lowest BCUT2D eigenvalue weighted by molar-refractivity contribution is -0.0469. The van der Waals surface area contributed by atoms with Crippen LogP contribution in [0.2, 0.25) is 0 Å². The van der Waals surface area contributed by atoms with Gasteiger partial charge in [0.25, 0.3) is 0 Å². The third-order valence-corrected chi connectivity index (χ3v) is 1.29. The van der Waals surface area contributed by atoms with Crippen molar-refractivity contribution in [1.82, 2.24) is 4.90 Å². The average Bonchev–Trinajstić information content (AvgIpc) is 1.87. The predicted molar refractivity (Wildman–Crippen MR) is 35.9 cm³/mol. The smallest absolute Gasteiger partial charge is 0.143 e. The lowest BCUT2D eigenvalue weighted by Crippen LogP contribution is -2.36. The fourth-order valence-corrected chi connectivity index (χ4v) is 0.732. The van der Waals surface area contributed by atoms with E-state index >= 15 is 0 Å². The molecule has 1 unspecified atom stereocenters. The molecule has 0 fully saturated rings. The topological polar surface area (TPSA) is 63.6 Å². The van der Waals surface area contributed by atoms with E-state index in [2.05, 4.69) is 0 Å². The van der Waals surface area contributed by atoms with Crippen LogP contribution >= 0.6 is 0 Å². The summed E-state index contributed by atoms with van der Waals surface area (Å²) in [6, 6.07) is 0. The van der Waals surface area contributed by atoms with Gasteiger partial charge in [-0.25, -0.2) is 5.11 Å². The standard InChI is InChI=1S/C6H14NO3/c1-6(10)7(2-4-8)3-5-9/h6,8-9H,2-5H2,1H3. The van der Waals surface area contributed by atoms with Crippen LogP contribution in [0.4, 0.5) is 0 Å². The Balaban J connectivity index is 3.50. The van der Waals surface area contributed by atoms with Crippen LogP contribution in [0.15, 0.2) is 0 Å². The summed E-state index contributed by atoms with van der Waals surface area (Å²) in [6.45, 7) is 2.10. The van der Waals surface area contributed by atoms with Crippen molar-refractivity contribution in [1.29, 1.82) is 0 Å². The Morgan fingerprint density at radius 2 is 1.70 bits per heavy atom. The molecule has 0 aliphatic carbocycles. The van der Waals surface area contributed by atoms with Crippen molar-refractivity contribution in [2.75, 3.05) is 26.3 Å². The van der Waals surface area contributed by atoms with E-state index in [1.54, 1.807) is 0 Å². The molecule has 4 nitrogen and oxygen atoms in total.